The summed E-state index contributed by atoms with van der Waals surface area (Å²) in [6, 6.07) is 7.27. The third kappa shape index (κ3) is 3.47. The van der Waals surface area contributed by atoms with E-state index < -0.39 is 17.5 Å². The van der Waals surface area contributed by atoms with E-state index in [4.69, 9.17) is 9.84 Å². The Hall–Kier alpha value is -1.55. The van der Waals surface area contributed by atoms with Crippen molar-refractivity contribution in [2.75, 3.05) is 7.11 Å². The third-order valence-electron chi connectivity index (χ3n) is 3.18. The molecule has 0 aromatic heterocycles. The molecule has 0 spiro atoms. The summed E-state index contributed by atoms with van der Waals surface area (Å²) in [4.78, 5) is 11.1. The molecule has 0 bridgehead atoms. The fourth-order valence-corrected chi connectivity index (χ4v) is 2.16. The normalized spacial score (nSPS) is 15.8. The minimum absolute atomic E-state index is 0.307. The molecule has 0 saturated heterocycles. The first-order valence-electron chi connectivity index (χ1n) is 5.98. The molecule has 0 aliphatic rings. The Balaban J connectivity index is 2.83. The van der Waals surface area contributed by atoms with Crippen molar-refractivity contribution in [2.24, 2.45) is 5.92 Å². The van der Waals surface area contributed by atoms with Gasteiger partial charge in [0.25, 0.3) is 0 Å². The van der Waals surface area contributed by atoms with Crippen molar-refractivity contribution in [1.29, 1.82) is 0 Å². The van der Waals surface area contributed by atoms with Crippen molar-refractivity contribution in [2.45, 2.75) is 32.3 Å². The van der Waals surface area contributed by atoms with Crippen LogP contribution in [0.5, 0.6) is 5.75 Å². The second kappa shape index (κ2) is 5.87. The Bertz CT molecular complexity index is 395. The molecule has 4 nitrogen and oxygen atoms in total. The van der Waals surface area contributed by atoms with Crippen LogP contribution in [0.1, 0.15) is 25.8 Å². The van der Waals surface area contributed by atoms with Crippen LogP contribution in [0.25, 0.3) is 0 Å². The van der Waals surface area contributed by atoms with E-state index in [0.29, 0.717) is 12.8 Å². The summed E-state index contributed by atoms with van der Waals surface area (Å²) in [7, 11) is 1.59. The lowest BCUT2D eigenvalue weighted by molar-refractivity contribution is -0.151. The predicted molar refractivity (Wildman–Crippen MR) is 68.7 cm³/mol. The van der Waals surface area contributed by atoms with Crippen molar-refractivity contribution in [3.63, 3.8) is 0 Å². The van der Waals surface area contributed by atoms with Gasteiger partial charge in [-0.05, 0) is 31.0 Å². The van der Waals surface area contributed by atoms with E-state index in [-0.39, 0.29) is 0 Å². The first kappa shape index (κ1) is 14.5. The number of hydrogen-bond donors (Lipinski definition) is 2. The van der Waals surface area contributed by atoms with Crippen LogP contribution in [0.15, 0.2) is 24.3 Å². The SMILES string of the molecule is CCC(C(=O)O)C(C)(O)Cc1ccc(OC)cc1. The fraction of sp³-hybridized carbons (Fsp3) is 0.500. The molecule has 0 aliphatic carbocycles. The molecular weight excluding hydrogens is 232 g/mol. The van der Waals surface area contributed by atoms with Crippen LogP contribution in [-0.4, -0.2) is 28.9 Å². The third-order valence-corrected chi connectivity index (χ3v) is 3.18. The number of carboxylic acid groups (broad SMARTS) is 1. The highest BCUT2D eigenvalue weighted by Crippen LogP contribution is 2.26. The van der Waals surface area contributed by atoms with Gasteiger partial charge < -0.3 is 14.9 Å². The van der Waals surface area contributed by atoms with Gasteiger partial charge in [0.15, 0.2) is 0 Å². The lowest BCUT2D eigenvalue weighted by Crippen LogP contribution is -2.41. The maximum absolute atomic E-state index is 11.1. The fourth-order valence-electron chi connectivity index (χ4n) is 2.16. The Labute approximate surface area is 107 Å². The molecule has 2 N–H and O–H groups in total. The van der Waals surface area contributed by atoms with Gasteiger partial charge in [-0.2, -0.15) is 0 Å². The average Bonchev–Trinajstić information content (AvgIpc) is 2.29. The molecule has 0 saturated carbocycles. The second-order valence-corrected chi connectivity index (χ2v) is 4.68. The van der Waals surface area contributed by atoms with E-state index in [2.05, 4.69) is 0 Å². The number of carbonyl (C=O) groups is 1. The van der Waals surface area contributed by atoms with Gasteiger partial charge in [-0.25, -0.2) is 0 Å². The van der Waals surface area contributed by atoms with Gasteiger partial charge in [-0.15, -0.1) is 0 Å². The Morgan fingerprint density at radius 2 is 1.94 bits per heavy atom. The van der Waals surface area contributed by atoms with E-state index in [9.17, 15) is 9.90 Å². The molecule has 0 amide bonds. The van der Waals surface area contributed by atoms with Gasteiger partial charge in [0.2, 0.25) is 0 Å². The number of ether oxygens (including phenoxy) is 1. The molecule has 0 fully saturated rings. The number of aliphatic carboxylic acids is 1. The standard InChI is InChI=1S/C14H20O4/c1-4-12(13(15)16)14(2,17)9-10-5-7-11(18-3)8-6-10/h5-8,12,17H,4,9H2,1-3H3,(H,15,16). The van der Waals surface area contributed by atoms with Crippen LogP contribution < -0.4 is 4.74 Å². The van der Waals surface area contributed by atoms with Crippen molar-refractivity contribution in [3.8, 4) is 5.75 Å². The lowest BCUT2D eigenvalue weighted by atomic mass is 9.82. The molecule has 100 valence electrons. The molecule has 0 heterocycles. The topological polar surface area (TPSA) is 66.8 Å². The Morgan fingerprint density at radius 1 is 1.39 bits per heavy atom. The zero-order chi connectivity index (χ0) is 13.8. The minimum Gasteiger partial charge on any atom is -0.497 e. The van der Waals surface area contributed by atoms with Crippen LogP contribution in [-0.2, 0) is 11.2 Å². The summed E-state index contributed by atoms with van der Waals surface area (Å²) >= 11 is 0. The highest BCUT2D eigenvalue weighted by Gasteiger charge is 2.36. The average molecular weight is 252 g/mol. The number of rotatable bonds is 6. The van der Waals surface area contributed by atoms with Gasteiger partial charge >= 0.3 is 5.97 Å². The first-order valence-corrected chi connectivity index (χ1v) is 5.98. The molecule has 0 aliphatic heterocycles. The first-order chi connectivity index (χ1) is 8.40. The smallest absolute Gasteiger partial charge is 0.309 e. The lowest BCUT2D eigenvalue weighted by Gasteiger charge is -2.29. The van der Waals surface area contributed by atoms with Gasteiger partial charge in [0.05, 0.1) is 18.6 Å². The molecule has 2 unspecified atom stereocenters. The molecule has 18 heavy (non-hydrogen) atoms. The van der Waals surface area contributed by atoms with E-state index in [1.165, 1.54) is 0 Å². The van der Waals surface area contributed by atoms with Crippen LogP contribution in [0.2, 0.25) is 0 Å². The Morgan fingerprint density at radius 3 is 2.33 bits per heavy atom. The molecule has 1 rings (SSSR count). The van der Waals surface area contributed by atoms with Crippen molar-refractivity contribution < 1.29 is 19.7 Å². The number of benzene rings is 1. The maximum Gasteiger partial charge on any atom is 0.309 e. The highest BCUT2D eigenvalue weighted by atomic mass is 16.5. The van der Waals surface area contributed by atoms with Crippen LogP contribution >= 0.6 is 0 Å². The molecular formula is C14H20O4. The number of aliphatic hydroxyl groups is 1. The number of methoxy groups -OCH3 is 1. The summed E-state index contributed by atoms with van der Waals surface area (Å²) in [5.74, 6) is -0.987. The second-order valence-electron chi connectivity index (χ2n) is 4.68. The van der Waals surface area contributed by atoms with Crippen LogP contribution in [0, 0.1) is 5.92 Å². The maximum atomic E-state index is 11.1. The molecule has 0 radical (unpaired) electrons. The zero-order valence-corrected chi connectivity index (χ0v) is 11.0. The monoisotopic (exact) mass is 252 g/mol. The summed E-state index contributed by atoms with van der Waals surface area (Å²) in [6.45, 7) is 3.33. The summed E-state index contributed by atoms with van der Waals surface area (Å²) in [5.41, 5.74) is -0.365. The van der Waals surface area contributed by atoms with Gasteiger partial charge in [-0.1, -0.05) is 19.1 Å². The summed E-state index contributed by atoms with van der Waals surface area (Å²) < 4.78 is 5.05. The molecule has 1 aromatic carbocycles. The largest absolute Gasteiger partial charge is 0.497 e. The van der Waals surface area contributed by atoms with Crippen molar-refractivity contribution in [1.82, 2.24) is 0 Å². The van der Waals surface area contributed by atoms with E-state index in [1.54, 1.807) is 33.1 Å². The van der Waals surface area contributed by atoms with Gasteiger partial charge in [-0.3, -0.25) is 4.79 Å². The minimum atomic E-state index is -1.25. The van der Waals surface area contributed by atoms with E-state index in [0.717, 1.165) is 11.3 Å². The van der Waals surface area contributed by atoms with E-state index >= 15 is 0 Å². The Kier molecular flexibility index (Phi) is 4.73. The summed E-state index contributed by atoms with van der Waals surface area (Å²) in [6.07, 6.45) is 0.709. The van der Waals surface area contributed by atoms with Crippen molar-refractivity contribution >= 4 is 5.97 Å². The number of carboxylic acids is 1. The van der Waals surface area contributed by atoms with Crippen LogP contribution in [0.3, 0.4) is 0 Å². The zero-order valence-electron chi connectivity index (χ0n) is 11.0. The predicted octanol–water partition coefficient (Wildman–Crippen LogP) is 2.10. The van der Waals surface area contributed by atoms with Gasteiger partial charge in [0, 0.05) is 6.42 Å². The van der Waals surface area contributed by atoms with E-state index in [1.807, 2.05) is 12.1 Å². The highest BCUT2D eigenvalue weighted by molar-refractivity contribution is 5.71. The van der Waals surface area contributed by atoms with Gasteiger partial charge in [0.1, 0.15) is 5.75 Å². The summed E-state index contributed by atoms with van der Waals surface area (Å²) in [5, 5.41) is 19.4. The number of hydrogen-bond acceptors (Lipinski definition) is 3. The molecule has 4 heteroatoms. The van der Waals surface area contributed by atoms with Crippen molar-refractivity contribution in [3.05, 3.63) is 29.8 Å². The molecule has 1 aromatic rings. The van der Waals surface area contributed by atoms with Crippen LogP contribution in [0.4, 0.5) is 0 Å². The molecule has 2 atom stereocenters. The quantitative estimate of drug-likeness (QED) is 0.813.